The number of hydrogen-bond donors (Lipinski definition) is 1. The molecule has 1 aliphatic rings. The highest BCUT2D eigenvalue weighted by Crippen LogP contribution is 2.27. The van der Waals surface area contributed by atoms with Crippen LogP contribution < -0.4 is 5.73 Å². The summed E-state index contributed by atoms with van der Waals surface area (Å²) in [7, 11) is 0. The molecule has 3 nitrogen and oxygen atoms in total. The molecule has 0 bridgehead atoms. The first-order valence-electron chi connectivity index (χ1n) is 7.86. The molecule has 0 aliphatic heterocycles. The van der Waals surface area contributed by atoms with E-state index < -0.39 is 0 Å². The SMILES string of the molecule is CCCN(C(=O)c1cccc(C)c1Br)C1CCC(N)CC1. The predicted octanol–water partition coefficient (Wildman–Crippen LogP) is 3.88. The third-order valence-corrected chi connectivity index (χ3v) is 5.38. The lowest BCUT2D eigenvalue weighted by Crippen LogP contribution is -2.44. The molecular weight excluding hydrogens is 328 g/mol. The number of aryl methyl sites for hydroxylation is 1. The largest absolute Gasteiger partial charge is 0.336 e. The van der Waals surface area contributed by atoms with Crippen molar-refractivity contribution in [2.75, 3.05) is 6.54 Å². The van der Waals surface area contributed by atoms with Gasteiger partial charge >= 0.3 is 0 Å². The van der Waals surface area contributed by atoms with Crippen LogP contribution in [0.2, 0.25) is 0 Å². The Balaban J connectivity index is 2.21. The van der Waals surface area contributed by atoms with Gasteiger partial charge in [0, 0.05) is 23.1 Å². The van der Waals surface area contributed by atoms with Gasteiger partial charge in [0.25, 0.3) is 5.91 Å². The lowest BCUT2D eigenvalue weighted by Gasteiger charge is -2.36. The highest BCUT2D eigenvalue weighted by molar-refractivity contribution is 9.10. The van der Waals surface area contributed by atoms with Crippen LogP contribution >= 0.6 is 15.9 Å². The van der Waals surface area contributed by atoms with Gasteiger partial charge in [0.15, 0.2) is 0 Å². The smallest absolute Gasteiger partial charge is 0.255 e. The second kappa shape index (κ2) is 7.41. The summed E-state index contributed by atoms with van der Waals surface area (Å²) in [5.74, 6) is 0.146. The zero-order chi connectivity index (χ0) is 15.4. The Labute approximate surface area is 136 Å². The fourth-order valence-corrected chi connectivity index (χ4v) is 3.51. The van der Waals surface area contributed by atoms with Crippen LogP contribution in [-0.4, -0.2) is 29.4 Å². The molecule has 2 N–H and O–H groups in total. The quantitative estimate of drug-likeness (QED) is 0.893. The van der Waals surface area contributed by atoms with E-state index in [1.807, 2.05) is 25.1 Å². The maximum atomic E-state index is 13.0. The standard InChI is InChI=1S/C17H25BrN2O/c1-3-11-20(14-9-7-13(19)8-10-14)17(21)15-6-4-5-12(2)16(15)18/h4-6,13-14H,3,7-11,19H2,1-2H3. The van der Waals surface area contributed by atoms with Crippen molar-refractivity contribution < 1.29 is 4.79 Å². The summed E-state index contributed by atoms with van der Waals surface area (Å²) in [6, 6.07) is 6.53. The van der Waals surface area contributed by atoms with Crippen LogP contribution in [0.3, 0.4) is 0 Å². The summed E-state index contributed by atoms with van der Waals surface area (Å²) in [6.45, 7) is 4.96. The van der Waals surface area contributed by atoms with Crippen molar-refractivity contribution in [1.82, 2.24) is 4.90 Å². The molecule has 0 radical (unpaired) electrons. The summed E-state index contributed by atoms with van der Waals surface area (Å²) in [5, 5.41) is 0. The van der Waals surface area contributed by atoms with Crippen molar-refractivity contribution in [2.24, 2.45) is 5.73 Å². The maximum absolute atomic E-state index is 13.0. The number of amides is 1. The summed E-state index contributed by atoms with van der Waals surface area (Å²) < 4.78 is 0.920. The maximum Gasteiger partial charge on any atom is 0.255 e. The fraction of sp³-hybridized carbons (Fsp3) is 0.588. The minimum atomic E-state index is 0.146. The van der Waals surface area contributed by atoms with Crippen molar-refractivity contribution in [3.05, 3.63) is 33.8 Å². The molecule has 1 aromatic rings. The zero-order valence-electron chi connectivity index (χ0n) is 12.9. The molecule has 116 valence electrons. The summed E-state index contributed by atoms with van der Waals surface area (Å²) in [6.07, 6.45) is 5.07. The Hall–Kier alpha value is -0.870. The van der Waals surface area contributed by atoms with Crippen LogP contribution in [0.25, 0.3) is 0 Å². The lowest BCUT2D eigenvalue weighted by atomic mass is 9.90. The molecule has 1 aliphatic carbocycles. The highest BCUT2D eigenvalue weighted by Gasteiger charge is 2.28. The number of nitrogens with two attached hydrogens (primary N) is 1. The minimum absolute atomic E-state index is 0.146. The van der Waals surface area contributed by atoms with E-state index in [1.165, 1.54) is 0 Å². The van der Waals surface area contributed by atoms with Crippen molar-refractivity contribution in [3.63, 3.8) is 0 Å². The molecule has 0 aromatic heterocycles. The summed E-state index contributed by atoms with van der Waals surface area (Å²) in [4.78, 5) is 15.0. The molecule has 2 rings (SSSR count). The fourth-order valence-electron chi connectivity index (χ4n) is 3.07. The predicted molar refractivity (Wildman–Crippen MR) is 90.4 cm³/mol. The van der Waals surface area contributed by atoms with Crippen molar-refractivity contribution in [3.8, 4) is 0 Å². The Morgan fingerprint density at radius 3 is 2.62 bits per heavy atom. The lowest BCUT2D eigenvalue weighted by molar-refractivity contribution is 0.0625. The van der Waals surface area contributed by atoms with Gasteiger partial charge in [0.2, 0.25) is 0 Å². The van der Waals surface area contributed by atoms with Crippen LogP contribution in [0.1, 0.15) is 54.9 Å². The average Bonchev–Trinajstić information content (AvgIpc) is 2.48. The molecule has 0 heterocycles. The third-order valence-electron chi connectivity index (χ3n) is 4.33. The number of benzene rings is 1. The van der Waals surface area contributed by atoms with Crippen LogP contribution in [0, 0.1) is 6.92 Å². The molecule has 0 unspecified atom stereocenters. The Kier molecular flexibility index (Phi) is 5.82. The Bertz CT molecular complexity index is 496. The van der Waals surface area contributed by atoms with Gasteiger partial charge in [-0.05, 0) is 66.6 Å². The third kappa shape index (κ3) is 3.86. The molecule has 4 heteroatoms. The molecule has 0 saturated heterocycles. The van der Waals surface area contributed by atoms with Crippen LogP contribution in [0.15, 0.2) is 22.7 Å². The van der Waals surface area contributed by atoms with Crippen LogP contribution in [-0.2, 0) is 0 Å². The van der Waals surface area contributed by atoms with Gasteiger partial charge in [-0.25, -0.2) is 0 Å². The first kappa shape index (κ1) is 16.5. The molecule has 1 amide bonds. The van der Waals surface area contributed by atoms with E-state index in [9.17, 15) is 4.79 Å². The first-order valence-corrected chi connectivity index (χ1v) is 8.65. The first-order chi connectivity index (χ1) is 10.0. The number of rotatable bonds is 4. The molecule has 21 heavy (non-hydrogen) atoms. The molecule has 1 fully saturated rings. The second-order valence-corrected chi connectivity index (χ2v) is 6.80. The van der Waals surface area contributed by atoms with Gasteiger partial charge in [0.05, 0.1) is 5.56 Å². The van der Waals surface area contributed by atoms with Gasteiger partial charge in [-0.2, -0.15) is 0 Å². The molecular formula is C17H25BrN2O. The van der Waals surface area contributed by atoms with Crippen LogP contribution in [0.4, 0.5) is 0 Å². The van der Waals surface area contributed by atoms with Crippen LogP contribution in [0.5, 0.6) is 0 Å². The van der Waals surface area contributed by atoms with Gasteiger partial charge in [0.1, 0.15) is 0 Å². The molecule has 0 spiro atoms. The highest BCUT2D eigenvalue weighted by atomic mass is 79.9. The number of carbonyl (C=O) groups is 1. The number of carbonyl (C=O) groups excluding carboxylic acids is 1. The van der Waals surface area contributed by atoms with Gasteiger partial charge in [-0.15, -0.1) is 0 Å². The van der Waals surface area contributed by atoms with Gasteiger partial charge in [-0.3, -0.25) is 4.79 Å². The van der Waals surface area contributed by atoms with E-state index >= 15 is 0 Å². The number of hydrogen-bond acceptors (Lipinski definition) is 2. The molecule has 1 aromatic carbocycles. The second-order valence-electron chi connectivity index (χ2n) is 6.00. The Morgan fingerprint density at radius 2 is 2.00 bits per heavy atom. The molecule has 0 atom stereocenters. The minimum Gasteiger partial charge on any atom is -0.336 e. The van der Waals surface area contributed by atoms with Crippen molar-refractivity contribution >= 4 is 21.8 Å². The average molecular weight is 353 g/mol. The summed E-state index contributed by atoms with van der Waals surface area (Å²) >= 11 is 3.57. The van der Waals surface area contributed by atoms with E-state index in [-0.39, 0.29) is 5.91 Å². The summed E-state index contributed by atoms with van der Waals surface area (Å²) in [5.41, 5.74) is 7.87. The normalized spacial score (nSPS) is 22.1. The van der Waals surface area contributed by atoms with E-state index in [2.05, 4.69) is 27.8 Å². The van der Waals surface area contributed by atoms with Crippen molar-refractivity contribution in [1.29, 1.82) is 0 Å². The van der Waals surface area contributed by atoms with E-state index in [1.54, 1.807) is 0 Å². The van der Waals surface area contributed by atoms with E-state index in [0.717, 1.165) is 54.2 Å². The van der Waals surface area contributed by atoms with E-state index in [4.69, 9.17) is 5.73 Å². The number of halogens is 1. The van der Waals surface area contributed by atoms with Crippen molar-refractivity contribution in [2.45, 2.75) is 58.0 Å². The zero-order valence-corrected chi connectivity index (χ0v) is 14.5. The molecule has 1 saturated carbocycles. The monoisotopic (exact) mass is 352 g/mol. The Morgan fingerprint density at radius 1 is 1.33 bits per heavy atom. The van der Waals surface area contributed by atoms with Gasteiger partial charge < -0.3 is 10.6 Å². The number of nitrogens with zero attached hydrogens (tertiary/aromatic N) is 1. The van der Waals surface area contributed by atoms with Gasteiger partial charge in [-0.1, -0.05) is 19.1 Å². The topological polar surface area (TPSA) is 46.3 Å². The van der Waals surface area contributed by atoms with E-state index in [0.29, 0.717) is 12.1 Å².